The van der Waals surface area contributed by atoms with Crippen LogP contribution in [0.4, 0.5) is 4.39 Å². The maximum atomic E-state index is 13.6. The van der Waals surface area contributed by atoms with Gasteiger partial charge in [0, 0.05) is 28.0 Å². The molecule has 0 atom stereocenters. The summed E-state index contributed by atoms with van der Waals surface area (Å²) in [4.78, 5) is 16.6. The van der Waals surface area contributed by atoms with Gasteiger partial charge in [0.2, 0.25) is 0 Å². The van der Waals surface area contributed by atoms with Crippen molar-refractivity contribution in [2.75, 3.05) is 0 Å². The molecule has 1 aromatic heterocycles. The lowest BCUT2D eigenvalue weighted by Crippen LogP contribution is -2.04. The highest BCUT2D eigenvalue weighted by molar-refractivity contribution is 9.10. The minimum Gasteiger partial charge on any atom is -0.294 e. The van der Waals surface area contributed by atoms with Crippen molar-refractivity contribution in [3.63, 3.8) is 0 Å². The van der Waals surface area contributed by atoms with Gasteiger partial charge >= 0.3 is 0 Å². The van der Waals surface area contributed by atoms with Gasteiger partial charge in [-0.15, -0.1) is 0 Å². The fraction of sp³-hybridized carbons (Fsp3) is 0.111. The van der Waals surface area contributed by atoms with E-state index in [4.69, 9.17) is 0 Å². The Morgan fingerprint density at radius 3 is 2.77 bits per heavy atom. The summed E-state index contributed by atoms with van der Waals surface area (Å²) in [6.07, 6.45) is 1.98. The maximum Gasteiger partial charge on any atom is 0.167 e. The number of ketones is 1. The molecule has 0 aliphatic carbocycles. The van der Waals surface area contributed by atoms with Crippen LogP contribution in [0, 0.1) is 12.7 Å². The third-order valence-electron chi connectivity index (χ3n) is 3.57. The summed E-state index contributed by atoms with van der Waals surface area (Å²) < 4.78 is 14.5. The number of halogens is 2. The number of fused-ring (bicyclic) bond motifs is 1. The van der Waals surface area contributed by atoms with Crippen LogP contribution in [0.2, 0.25) is 0 Å². The Balaban J connectivity index is 1.88. The van der Waals surface area contributed by atoms with Crippen LogP contribution in [0.3, 0.4) is 0 Å². The predicted molar refractivity (Wildman–Crippen MR) is 88.6 cm³/mol. The first-order chi connectivity index (χ1) is 10.5. The molecule has 0 bridgehead atoms. The summed E-state index contributed by atoms with van der Waals surface area (Å²) in [7, 11) is 0. The van der Waals surface area contributed by atoms with E-state index in [1.54, 1.807) is 25.3 Å². The molecule has 0 aliphatic heterocycles. The number of carbonyl (C=O) groups excluding carboxylic acids is 1. The maximum absolute atomic E-state index is 13.6. The lowest BCUT2D eigenvalue weighted by molar-refractivity contribution is 0.0992. The number of aromatic nitrogens is 1. The van der Waals surface area contributed by atoms with Crippen LogP contribution in [0.25, 0.3) is 10.9 Å². The fourth-order valence-corrected chi connectivity index (χ4v) is 2.67. The number of Topliss-reactive ketones (excluding diaryl/α,β-unsaturated/α-hetero) is 1. The third-order valence-corrected chi connectivity index (χ3v) is 4.00. The van der Waals surface area contributed by atoms with Crippen LogP contribution < -0.4 is 0 Å². The highest BCUT2D eigenvalue weighted by atomic mass is 79.9. The van der Waals surface area contributed by atoms with Crippen LogP contribution >= 0.6 is 15.9 Å². The molecule has 3 rings (SSSR count). The molecule has 110 valence electrons. The molecule has 1 heterocycles. The molecule has 22 heavy (non-hydrogen) atoms. The first kappa shape index (κ1) is 14.9. The van der Waals surface area contributed by atoms with Crippen molar-refractivity contribution in [3.05, 3.63) is 75.6 Å². The molecule has 0 unspecified atom stereocenters. The van der Waals surface area contributed by atoms with Gasteiger partial charge in [-0.1, -0.05) is 18.2 Å². The summed E-state index contributed by atoms with van der Waals surface area (Å²) in [5, 5.41) is 0.967. The summed E-state index contributed by atoms with van der Waals surface area (Å²) in [6, 6.07) is 12.3. The Hall–Kier alpha value is -2.07. The second-order valence-corrected chi connectivity index (χ2v) is 6.16. The van der Waals surface area contributed by atoms with Gasteiger partial charge in [-0.05, 0) is 58.2 Å². The molecule has 0 amide bonds. The van der Waals surface area contributed by atoms with E-state index >= 15 is 0 Å². The van der Waals surface area contributed by atoms with E-state index in [0.29, 0.717) is 11.1 Å². The number of hydrogen-bond acceptors (Lipinski definition) is 2. The molecule has 0 spiro atoms. The van der Waals surface area contributed by atoms with Gasteiger partial charge in [-0.2, -0.15) is 0 Å². The number of benzene rings is 2. The van der Waals surface area contributed by atoms with Crippen molar-refractivity contribution in [1.29, 1.82) is 0 Å². The van der Waals surface area contributed by atoms with Crippen molar-refractivity contribution in [3.8, 4) is 0 Å². The summed E-state index contributed by atoms with van der Waals surface area (Å²) >= 11 is 3.39. The normalized spacial score (nSPS) is 10.9. The first-order valence-electron chi connectivity index (χ1n) is 6.86. The highest BCUT2D eigenvalue weighted by Gasteiger charge is 2.10. The van der Waals surface area contributed by atoms with Crippen molar-refractivity contribution >= 4 is 32.6 Å². The second-order valence-electron chi connectivity index (χ2n) is 5.24. The number of carbonyl (C=O) groups is 1. The lowest BCUT2D eigenvalue weighted by Gasteiger charge is -2.05. The SMILES string of the molecule is Cc1ccc(C(=O)Cc2ccc3ncc(Br)cc3c2)cc1F. The molecule has 0 radical (unpaired) electrons. The van der Waals surface area contributed by atoms with Gasteiger partial charge in [-0.3, -0.25) is 9.78 Å². The number of nitrogens with zero attached hydrogens (tertiary/aromatic N) is 1. The highest BCUT2D eigenvalue weighted by Crippen LogP contribution is 2.20. The minimum atomic E-state index is -0.350. The zero-order valence-electron chi connectivity index (χ0n) is 11.9. The monoisotopic (exact) mass is 357 g/mol. The van der Waals surface area contributed by atoms with Gasteiger partial charge in [-0.25, -0.2) is 4.39 Å². The van der Waals surface area contributed by atoms with Crippen LogP contribution in [0.5, 0.6) is 0 Å². The van der Waals surface area contributed by atoms with Crippen molar-refractivity contribution in [1.82, 2.24) is 4.98 Å². The van der Waals surface area contributed by atoms with E-state index in [-0.39, 0.29) is 18.0 Å². The number of hydrogen-bond donors (Lipinski definition) is 0. The third kappa shape index (κ3) is 3.07. The first-order valence-corrected chi connectivity index (χ1v) is 7.66. The van der Waals surface area contributed by atoms with Gasteiger partial charge in [0.05, 0.1) is 5.52 Å². The molecule has 0 saturated heterocycles. The summed E-state index contributed by atoms with van der Waals surface area (Å²) in [5.41, 5.74) is 2.70. The van der Waals surface area contributed by atoms with Crippen LogP contribution in [-0.4, -0.2) is 10.8 Å². The molecule has 4 heteroatoms. The number of aryl methyl sites for hydroxylation is 1. The van der Waals surface area contributed by atoms with E-state index in [1.165, 1.54) is 6.07 Å². The van der Waals surface area contributed by atoms with Gasteiger partial charge < -0.3 is 0 Å². The fourth-order valence-electron chi connectivity index (χ4n) is 2.32. The van der Waals surface area contributed by atoms with Crippen molar-refractivity contribution in [2.45, 2.75) is 13.3 Å². The van der Waals surface area contributed by atoms with Gasteiger partial charge in [0.15, 0.2) is 5.78 Å². The largest absolute Gasteiger partial charge is 0.294 e. The molecule has 3 aromatic rings. The Morgan fingerprint density at radius 1 is 1.18 bits per heavy atom. The Bertz CT molecular complexity index is 876. The molecular formula is C18H13BrFNO. The Labute approximate surface area is 136 Å². The van der Waals surface area contributed by atoms with Gasteiger partial charge in [0.25, 0.3) is 0 Å². The Morgan fingerprint density at radius 2 is 2.00 bits per heavy atom. The molecule has 2 nitrogen and oxygen atoms in total. The minimum absolute atomic E-state index is 0.0961. The quantitative estimate of drug-likeness (QED) is 0.626. The topological polar surface area (TPSA) is 30.0 Å². The van der Waals surface area contributed by atoms with Crippen LogP contribution in [0.1, 0.15) is 21.5 Å². The number of rotatable bonds is 3. The van der Waals surface area contributed by atoms with E-state index in [1.807, 2.05) is 24.3 Å². The molecule has 0 fully saturated rings. The van der Waals surface area contributed by atoms with Crippen molar-refractivity contribution < 1.29 is 9.18 Å². The summed E-state index contributed by atoms with van der Waals surface area (Å²) in [6.45, 7) is 1.68. The van der Waals surface area contributed by atoms with Crippen LogP contribution in [-0.2, 0) is 6.42 Å². The second kappa shape index (κ2) is 5.97. The molecular weight excluding hydrogens is 345 g/mol. The van der Waals surface area contributed by atoms with E-state index in [9.17, 15) is 9.18 Å². The Kier molecular flexibility index (Phi) is 4.03. The van der Waals surface area contributed by atoms with E-state index < -0.39 is 0 Å². The standard InChI is InChI=1S/C18H13BrFNO/c1-11-2-4-13(9-16(11)20)18(22)7-12-3-5-17-14(6-12)8-15(19)10-21-17/h2-6,8-10H,7H2,1H3. The van der Waals surface area contributed by atoms with Crippen molar-refractivity contribution in [2.24, 2.45) is 0 Å². The zero-order chi connectivity index (χ0) is 15.7. The average Bonchev–Trinajstić information content (AvgIpc) is 2.49. The predicted octanol–water partition coefficient (Wildman–Crippen LogP) is 4.87. The number of pyridine rings is 1. The average molecular weight is 358 g/mol. The molecule has 0 aliphatic rings. The zero-order valence-corrected chi connectivity index (χ0v) is 13.5. The molecule has 2 aromatic carbocycles. The molecule has 0 saturated carbocycles. The van der Waals surface area contributed by atoms with Crippen LogP contribution in [0.15, 0.2) is 53.1 Å². The summed E-state index contributed by atoms with van der Waals surface area (Å²) in [5.74, 6) is -0.446. The van der Waals surface area contributed by atoms with Gasteiger partial charge in [0.1, 0.15) is 5.82 Å². The lowest BCUT2D eigenvalue weighted by atomic mass is 10.0. The molecule has 0 N–H and O–H groups in total. The van der Waals surface area contributed by atoms with E-state index in [2.05, 4.69) is 20.9 Å². The van der Waals surface area contributed by atoms with E-state index in [0.717, 1.165) is 20.9 Å². The smallest absolute Gasteiger partial charge is 0.167 e.